The third-order valence-corrected chi connectivity index (χ3v) is 2.99. The van der Waals surface area contributed by atoms with Crippen LogP contribution < -0.4 is 9.47 Å². The maximum Gasteiger partial charge on any atom is 0.311 e. The van der Waals surface area contributed by atoms with Crippen LogP contribution in [0.2, 0.25) is 0 Å². The number of nitrogens with zero attached hydrogens (tertiary/aromatic N) is 2. The van der Waals surface area contributed by atoms with E-state index in [0.717, 1.165) is 23.7 Å². The number of rotatable bonds is 3. The molecule has 0 bridgehead atoms. The Bertz CT molecular complexity index is 609. The first-order valence-electron chi connectivity index (χ1n) is 6.16. The Morgan fingerprint density at radius 1 is 1.21 bits per heavy atom. The van der Waals surface area contributed by atoms with Crippen molar-refractivity contribution in [3.63, 3.8) is 0 Å². The predicted octanol–water partition coefficient (Wildman–Crippen LogP) is 3.34. The average molecular weight is 255 g/mol. The van der Waals surface area contributed by atoms with Crippen LogP contribution in [0.5, 0.6) is 11.5 Å². The van der Waals surface area contributed by atoms with Gasteiger partial charge in [0, 0.05) is 16.7 Å². The van der Waals surface area contributed by atoms with Crippen LogP contribution in [-0.4, -0.2) is 18.5 Å². The van der Waals surface area contributed by atoms with Gasteiger partial charge in [0.1, 0.15) is 5.75 Å². The molecule has 4 heteroatoms. The van der Waals surface area contributed by atoms with Gasteiger partial charge in [-0.25, -0.2) is 0 Å². The van der Waals surface area contributed by atoms with Gasteiger partial charge in [0.2, 0.25) is 0 Å². The molecule has 0 radical (unpaired) electrons. The summed E-state index contributed by atoms with van der Waals surface area (Å²) in [5.74, 6) is 1.58. The van der Waals surface area contributed by atoms with E-state index in [1.165, 1.54) is 5.56 Å². The van der Waals surface area contributed by atoms with E-state index in [1.54, 1.807) is 7.11 Å². The van der Waals surface area contributed by atoms with E-state index in [-0.39, 0.29) is 0 Å². The summed E-state index contributed by atoms with van der Waals surface area (Å²) in [6.07, 6.45) is 0. The SMILES string of the molecule is COc1ccc2c(c1)N=[N+](Cc1ccccc1)CO2. The minimum absolute atomic E-state index is 0.466. The van der Waals surface area contributed by atoms with Crippen LogP contribution >= 0.6 is 0 Å². The van der Waals surface area contributed by atoms with Crippen molar-refractivity contribution >= 4 is 5.69 Å². The van der Waals surface area contributed by atoms with Gasteiger partial charge in [-0.05, 0) is 12.1 Å². The summed E-state index contributed by atoms with van der Waals surface area (Å²) in [5, 5.41) is 4.58. The zero-order valence-corrected chi connectivity index (χ0v) is 10.7. The first kappa shape index (κ1) is 11.7. The maximum absolute atomic E-state index is 5.68. The van der Waals surface area contributed by atoms with Crippen LogP contribution in [0.1, 0.15) is 5.56 Å². The lowest BCUT2D eigenvalue weighted by Crippen LogP contribution is -2.19. The van der Waals surface area contributed by atoms with E-state index >= 15 is 0 Å². The fourth-order valence-corrected chi connectivity index (χ4v) is 2.02. The van der Waals surface area contributed by atoms with Crippen molar-refractivity contribution in [1.82, 2.24) is 0 Å². The molecule has 0 N–H and O–H groups in total. The zero-order chi connectivity index (χ0) is 13.1. The molecule has 0 saturated carbocycles. The first-order valence-corrected chi connectivity index (χ1v) is 6.16. The number of ether oxygens (including phenoxy) is 2. The van der Waals surface area contributed by atoms with Crippen molar-refractivity contribution in [2.45, 2.75) is 6.54 Å². The minimum atomic E-state index is 0.466. The van der Waals surface area contributed by atoms with E-state index in [0.29, 0.717) is 6.73 Å². The second-order valence-electron chi connectivity index (χ2n) is 4.36. The van der Waals surface area contributed by atoms with Crippen molar-refractivity contribution in [2.24, 2.45) is 5.11 Å². The van der Waals surface area contributed by atoms with Crippen molar-refractivity contribution in [3.8, 4) is 11.5 Å². The standard InChI is InChI=1S/C15H15N2O2/c1-18-13-7-8-15-14(9-13)16-17(11-19-15)10-12-5-3-2-4-6-12/h2-9H,10-11H2,1H3/q+1. The van der Waals surface area contributed by atoms with Crippen molar-refractivity contribution in [1.29, 1.82) is 0 Å². The third kappa shape index (κ3) is 2.57. The largest absolute Gasteiger partial charge is 0.497 e. The number of benzene rings is 2. The molecule has 3 rings (SSSR count). The summed E-state index contributed by atoms with van der Waals surface area (Å²) in [4.78, 5) is 0. The zero-order valence-electron chi connectivity index (χ0n) is 10.7. The number of azo groups is 2. The molecule has 1 aliphatic heterocycles. The second kappa shape index (κ2) is 5.10. The van der Waals surface area contributed by atoms with E-state index < -0.39 is 0 Å². The molecule has 0 unspecified atom stereocenters. The van der Waals surface area contributed by atoms with Crippen molar-refractivity contribution < 1.29 is 14.2 Å². The third-order valence-electron chi connectivity index (χ3n) is 2.99. The molecule has 1 heterocycles. The topological polar surface area (TPSA) is 33.8 Å². The van der Waals surface area contributed by atoms with Crippen LogP contribution in [0.15, 0.2) is 53.6 Å². The molecule has 0 saturated heterocycles. The normalized spacial score (nSPS) is 13.2. The molecule has 0 aliphatic carbocycles. The lowest BCUT2D eigenvalue weighted by Gasteiger charge is -2.12. The van der Waals surface area contributed by atoms with Gasteiger partial charge < -0.3 is 9.47 Å². The Morgan fingerprint density at radius 3 is 2.84 bits per heavy atom. The lowest BCUT2D eigenvalue weighted by molar-refractivity contribution is -0.634. The van der Waals surface area contributed by atoms with Gasteiger partial charge in [-0.1, -0.05) is 35.0 Å². The molecule has 96 valence electrons. The van der Waals surface area contributed by atoms with Gasteiger partial charge in [-0.2, -0.15) is 0 Å². The molecule has 0 spiro atoms. The Kier molecular flexibility index (Phi) is 3.14. The van der Waals surface area contributed by atoms with E-state index in [4.69, 9.17) is 9.47 Å². The Morgan fingerprint density at radius 2 is 2.05 bits per heavy atom. The minimum Gasteiger partial charge on any atom is -0.497 e. The van der Waals surface area contributed by atoms with Gasteiger partial charge >= 0.3 is 6.73 Å². The molecule has 0 amide bonds. The van der Waals surface area contributed by atoms with Crippen LogP contribution in [-0.2, 0) is 6.54 Å². The molecule has 2 aromatic rings. The summed E-state index contributed by atoms with van der Waals surface area (Å²) < 4.78 is 12.8. The van der Waals surface area contributed by atoms with Gasteiger partial charge in [0.15, 0.2) is 18.0 Å². The molecule has 19 heavy (non-hydrogen) atoms. The van der Waals surface area contributed by atoms with Crippen LogP contribution in [0.3, 0.4) is 0 Å². The fraction of sp³-hybridized carbons (Fsp3) is 0.200. The summed E-state index contributed by atoms with van der Waals surface area (Å²) >= 11 is 0. The average Bonchev–Trinajstić information content (AvgIpc) is 2.47. The highest BCUT2D eigenvalue weighted by molar-refractivity contribution is 5.55. The number of fused-ring (bicyclic) bond motifs is 1. The highest BCUT2D eigenvalue weighted by Crippen LogP contribution is 2.34. The molecule has 2 aromatic carbocycles. The number of hydrogen-bond donors (Lipinski definition) is 0. The monoisotopic (exact) mass is 255 g/mol. The summed E-state index contributed by atoms with van der Waals surface area (Å²) in [7, 11) is 1.65. The Balaban J connectivity index is 1.86. The van der Waals surface area contributed by atoms with Gasteiger partial charge in [0.25, 0.3) is 0 Å². The number of methoxy groups -OCH3 is 1. The van der Waals surface area contributed by atoms with Gasteiger partial charge in [0.05, 0.1) is 7.11 Å². The lowest BCUT2D eigenvalue weighted by atomic mass is 10.2. The van der Waals surface area contributed by atoms with Gasteiger partial charge in [-0.15, -0.1) is 0 Å². The highest BCUT2D eigenvalue weighted by atomic mass is 16.5. The van der Waals surface area contributed by atoms with Crippen molar-refractivity contribution in [3.05, 3.63) is 54.1 Å². The first-order chi connectivity index (χ1) is 9.35. The predicted molar refractivity (Wildman–Crippen MR) is 71.0 cm³/mol. The smallest absolute Gasteiger partial charge is 0.311 e. The van der Waals surface area contributed by atoms with Crippen LogP contribution in [0.4, 0.5) is 5.69 Å². The molecule has 0 fully saturated rings. The summed E-state index contributed by atoms with van der Waals surface area (Å²) in [6.45, 7) is 1.20. The van der Waals surface area contributed by atoms with E-state index in [1.807, 2.05) is 41.1 Å². The van der Waals surface area contributed by atoms with Crippen LogP contribution in [0, 0.1) is 0 Å². The Labute approximate surface area is 111 Å². The van der Waals surface area contributed by atoms with Crippen LogP contribution in [0.25, 0.3) is 0 Å². The molecular weight excluding hydrogens is 240 g/mol. The Hall–Kier alpha value is -2.36. The van der Waals surface area contributed by atoms with E-state index in [2.05, 4.69) is 17.2 Å². The quantitative estimate of drug-likeness (QED) is 0.788. The maximum atomic E-state index is 5.68. The molecule has 1 aliphatic rings. The molecular formula is C15H15N2O2+. The molecule has 4 nitrogen and oxygen atoms in total. The fourth-order valence-electron chi connectivity index (χ4n) is 2.02. The summed E-state index contributed by atoms with van der Waals surface area (Å²) in [6, 6.07) is 15.9. The molecule has 0 atom stereocenters. The van der Waals surface area contributed by atoms with E-state index in [9.17, 15) is 0 Å². The van der Waals surface area contributed by atoms with Gasteiger partial charge in [-0.3, -0.25) is 0 Å². The summed E-state index contributed by atoms with van der Waals surface area (Å²) in [5.41, 5.74) is 2.02. The van der Waals surface area contributed by atoms with Crippen molar-refractivity contribution in [2.75, 3.05) is 13.8 Å². The number of hydrogen-bond acceptors (Lipinski definition) is 3. The highest BCUT2D eigenvalue weighted by Gasteiger charge is 2.19. The molecule has 0 aromatic heterocycles. The second-order valence-corrected chi connectivity index (χ2v) is 4.36.